The van der Waals surface area contributed by atoms with Crippen molar-refractivity contribution in [3.63, 3.8) is 0 Å². The average molecular weight is 391 g/mol. The number of anilines is 1. The van der Waals surface area contributed by atoms with Crippen molar-refractivity contribution in [2.75, 3.05) is 5.32 Å². The third-order valence-corrected chi connectivity index (χ3v) is 3.77. The standard InChI is InChI=1S/C16H14ClF3N2O4/c1-7-13(8(2)26-22-7)15(24)25-9(3)14(23)21-12-6-10(16(18,19)20)4-5-11(12)17/h4-6,9H,1-3H3,(H,21,23)/t9-/m1/s1. The number of hydrogen-bond acceptors (Lipinski definition) is 5. The Balaban J connectivity index is 2.11. The van der Waals surface area contributed by atoms with Crippen LogP contribution in [0.4, 0.5) is 18.9 Å². The van der Waals surface area contributed by atoms with E-state index in [-0.39, 0.29) is 22.0 Å². The number of carbonyl (C=O) groups excluding carboxylic acids is 2. The topological polar surface area (TPSA) is 81.4 Å². The Morgan fingerprint density at radius 2 is 1.96 bits per heavy atom. The van der Waals surface area contributed by atoms with Crippen molar-refractivity contribution >= 4 is 29.2 Å². The molecule has 0 spiro atoms. The number of nitrogens with zero attached hydrogens (tertiary/aromatic N) is 1. The van der Waals surface area contributed by atoms with Gasteiger partial charge in [-0.1, -0.05) is 16.8 Å². The zero-order valence-electron chi connectivity index (χ0n) is 13.9. The maximum absolute atomic E-state index is 12.8. The predicted octanol–water partition coefficient (Wildman–Crippen LogP) is 4.15. The molecule has 0 aliphatic carbocycles. The van der Waals surface area contributed by atoms with Crippen LogP contribution in [0.15, 0.2) is 22.7 Å². The highest BCUT2D eigenvalue weighted by Gasteiger charge is 2.31. The number of benzene rings is 1. The summed E-state index contributed by atoms with van der Waals surface area (Å²) in [7, 11) is 0. The second kappa shape index (κ2) is 7.36. The van der Waals surface area contributed by atoms with Gasteiger partial charge in [-0.3, -0.25) is 4.79 Å². The molecule has 0 radical (unpaired) electrons. The Morgan fingerprint density at radius 1 is 1.31 bits per heavy atom. The monoisotopic (exact) mass is 390 g/mol. The first-order valence-electron chi connectivity index (χ1n) is 7.32. The fraction of sp³-hybridized carbons (Fsp3) is 0.312. The molecule has 0 saturated heterocycles. The quantitative estimate of drug-likeness (QED) is 0.793. The molecule has 0 aliphatic rings. The fourth-order valence-corrected chi connectivity index (χ4v) is 2.24. The summed E-state index contributed by atoms with van der Waals surface area (Å²) in [4.78, 5) is 24.2. The number of aryl methyl sites for hydroxylation is 2. The number of esters is 1. The SMILES string of the molecule is Cc1noc(C)c1C(=O)O[C@H](C)C(=O)Nc1cc(C(F)(F)F)ccc1Cl. The van der Waals surface area contributed by atoms with Crippen molar-refractivity contribution in [3.05, 3.63) is 45.8 Å². The highest BCUT2D eigenvalue weighted by Crippen LogP contribution is 2.33. The summed E-state index contributed by atoms with van der Waals surface area (Å²) >= 11 is 5.81. The van der Waals surface area contributed by atoms with E-state index < -0.39 is 29.7 Å². The summed E-state index contributed by atoms with van der Waals surface area (Å²) in [5.74, 6) is -1.45. The summed E-state index contributed by atoms with van der Waals surface area (Å²) < 4.78 is 48.1. The number of hydrogen-bond donors (Lipinski definition) is 1. The number of aromatic nitrogens is 1. The molecule has 1 heterocycles. The van der Waals surface area contributed by atoms with E-state index in [2.05, 4.69) is 10.5 Å². The molecule has 0 aliphatic heterocycles. The summed E-state index contributed by atoms with van der Waals surface area (Å²) in [6, 6.07) is 2.50. The molecule has 1 N–H and O–H groups in total. The molecule has 0 unspecified atom stereocenters. The molecule has 10 heteroatoms. The molecule has 140 valence electrons. The average Bonchev–Trinajstić information content (AvgIpc) is 2.87. The zero-order valence-corrected chi connectivity index (χ0v) is 14.7. The Labute approximate surface area is 151 Å². The van der Waals surface area contributed by atoms with Gasteiger partial charge >= 0.3 is 12.1 Å². The molecule has 1 amide bonds. The summed E-state index contributed by atoms with van der Waals surface area (Å²) in [6.45, 7) is 4.30. The first kappa shape index (κ1) is 19.8. The van der Waals surface area contributed by atoms with Crippen LogP contribution in [0.1, 0.15) is 34.3 Å². The van der Waals surface area contributed by atoms with Gasteiger partial charge in [0.25, 0.3) is 5.91 Å². The number of nitrogens with one attached hydrogen (secondary N) is 1. The lowest BCUT2D eigenvalue weighted by Gasteiger charge is -2.15. The van der Waals surface area contributed by atoms with Crippen LogP contribution in [0.2, 0.25) is 5.02 Å². The third kappa shape index (κ3) is 4.34. The van der Waals surface area contributed by atoms with E-state index in [0.717, 1.165) is 12.1 Å². The van der Waals surface area contributed by atoms with E-state index in [1.807, 2.05) is 0 Å². The van der Waals surface area contributed by atoms with Gasteiger partial charge in [0.1, 0.15) is 11.3 Å². The number of amides is 1. The van der Waals surface area contributed by atoms with Crippen LogP contribution in [0, 0.1) is 13.8 Å². The van der Waals surface area contributed by atoms with Crippen molar-refractivity contribution in [1.29, 1.82) is 0 Å². The van der Waals surface area contributed by atoms with Crippen LogP contribution in [-0.4, -0.2) is 23.1 Å². The van der Waals surface area contributed by atoms with Crippen molar-refractivity contribution in [1.82, 2.24) is 5.16 Å². The highest BCUT2D eigenvalue weighted by molar-refractivity contribution is 6.33. The van der Waals surface area contributed by atoms with Crippen LogP contribution in [0.5, 0.6) is 0 Å². The Morgan fingerprint density at radius 3 is 2.50 bits per heavy atom. The lowest BCUT2D eigenvalue weighted by molar-refractivity contribution is -0.137. The summed E-state index contributed by atoms with van der Waals surface area (Å²) in [5.41, 5.74) is -0.841. The Bertz CT molecular complexity index is 829. The third-order valence-electron chi connectivity index (χ3n) is 3.44. The van der Waals surface area contributed by atoms with Crippen LogP contribution < -0.4 is 5.32 Å². The first-order valence-corrected chi connectivity index (χ1v) is 7.70. The highest BCUT2D eigenvalue weighted by atomic mass is 35.5. The lowest BCUT2D eigenvalue weighted by atomic mass is 10.2. The van der Waals surface area contributed by atoms with Crippen molar-refractivity contribution in [3.8, 4) is 0 Å². The molecule has 1 atom stereocenters. The van der Waals surface area contributed by atoms with Gasteiger partial charge in [0.05, 0.1) is 22.0 Å². The van der Waals surface area contributed by atoms with Gasteiger partial charge in [0.2, 0.25) is 0 Å². The van der Waals surface area contributed by atoms with Crippen molar-refractivity contribution < 1.29 is 32.0 Å². The van der Waals surface area contributed by atoms with E-state index in [1.54, 1.807) is 0 Å². The molecular formula is C16H14ClF3N2O4. The summed E-state index contributed by atoms with van der Waals surface area (Å²) in [6.07, 6.45) is -5.88. The van der Waals surface area contributed by atoms with Gasteiger partial charge in [-0.2, -0.15) is 13.2 Å². The van der Waals surface area contributed by atoms with E-state index in [9.17, 15) is 22.8 Å². The van der Waals surface area contributed by atoms with Crippen LogP contribution in [0.25, 0.3) is 0 Å². The van der Waals surface area contributed by atoms with Gasteiger partial charge in [-0.15, -0.1) is 0 Å². The molecule has 0 bridgehead atoms. The maximum atomic E-state index is 12.8. The van der Waals surface area contributed by atoms with Gasteiger partial charge < -0.3 is 14.6 Å². The minimum absolute atomic E-state index is 0.0850. The molecule has 2 aromatic rings. The molecule has 1 aromatic carbocycles. The second-order valence-electron chi connectivity index (χ2n) is 5.43. The minimum atomic E-state index is -4.59. The second-order valence-corrected chi connectivity index (χ2v) is 5.84. The van der Waals surface area contributed by atoms with E-state index in [0.29, 0.717) is 11.8 Å². The van der Waals surface area contributed by atoms with E-state index in [1.165, 1.54) is 20.8 Å². The lowest BCUT2D eigenvalue weighted by Crippen LogP contribution is -2.30. The molecule has 2 rings (SSSR count). The van der Waals surface area contributed by atoms with Gasteiger partial charge in [-0.25, -0.2) is 4.79 Å². The number of ether oxygens (including phenoxy) is 1. The molecule has 1 aromatic heterocycles. The number of halogens is 4. The van der Waals surface area contributed by atoms with E-state index >= 15 is 0 Å². The Hall–Kier alpha value is -2.55. The summed E-state index contributed by atoms with van der Waals surface area (Å²) in [5, 5.41) is 5.73. The van der Waals surface area contributed by atoms with Crippen molar-refractivity contribution in [2.45, 2.75) is 33.1 Å². The largest absolute Gasteiger partial charge is 0.449 e. The fourth-order valence-electron chi connectivity index (χ4n) is 2.08. The molecule has 0 saturated carbocycles. The molecule has 0 fully saturated rings. The zero-order chi connectivity index (χ0) is 19.6. The first-order chi connectivity index (χ1) is 12.0. The molecule has 6 nitrogen and oxygen atoms in total. The van der Waals surface area contributed by atoms with Gasteiger partial charge in [0, 0.05) is 0 Å². The van der Waals surface area contributed by atoms with Crippen molar-refractivity contribution in [2.24, 2.45) is 0 Å². The smallest absolute Gasteiger partial charge is 0.416 e. The molecular weight excluding hydrogens is 377 g/mol. The Kier molecular flexibility index (Phi) is 5.60. The number of rotatable bonds is 4. The molecule has 26 heavy (non-hydrogen) atoms. The number of alkyl halides is 3. The minimum Gasteiger partial charge on any atom is -0.449 e. The number of carbonyl (C=O) groups is 2. The maximum Gasteiger partial charge on any atom is 0.416 e. The predicted molar refractivity (Wildman–Crippen MR) is 85.9 cm³/mol. The van der Waals surface area contributed by atoms with Gasteiger partial charge in [0.15, 0.2) is 6.10 Å². The van der Waals surface area contributed by atoms with Crippen LogP contribution in [0.3, 0.4) is 0 Å². The van der Waals surface area contributed by atoms with Gasteiger partial charge in [-0.05, 0) is 39.0 Å². The van der Waals surface area contributed by atoms with E-state index in [4.69, 9.17) is 20.9 Å². The van der Waals surface area contributed by atoms with Crippen LogP contribution >= 0.6 is 11.6 Å². The normalized spacial score (nSPS) is 12.6. The van der Waals surface area contributed by atoms with Crippen LogP contribution in [-0.2, 0) is 15.7 Å².